The minimum absolute atomic E-state index is 0.423. The molecular weight excluding hydrogens is 466 g/mol. The molecule has 2 aromatic heterocycles. The van der Waals surface area contributed by atoms with Crippen molar-refractivity contribution < 1.29 is 4.74 Å². The Labute approximate surface area is 214 Å². The van der Waals surface area contributed by atoms with Crippen molar-refractivity contribution in [3.8, 4) is 11.3 Å². The number of thiazole rings is 1. The Bertz CT molecular complexity index is 882. The summed E-state index contributed by atoms with van der Waals surface area (Å²) in [4.78, 5) is 13.8. The van der Waals surface area contributed by atoms with Crippen molar-refractivity contribution in [2.75, 3.05) is 37.4 Å². The van der Waals surface area contributed by atoms with Crippen LogP contribution in [-0.4, -0.2) is 49.0 Å². The Hall–Kier alpha value is -1.70. The molecule has 1 aliphatic rings. The highest BCUT2D eigenvalue weighted by Crippen LogP contribution is 2.33. The average Bonchev–Trinajstić information content (AvgIpc) is 3.32. The largest absolute Gasteiger partial charge is 0.383 e. The molecule has 6 nitrogen and oxygen atoms in total. The number of unbranched alkanes of at least 4 members (excludes halogenated alkanes) is 2. The zero-order chi connectivity index (χ0) is 24.2. The van der Waals surface area contributed by atoms with Gasteiger partial charge >= 0.3 is 0 Å². The molecule has 1 fully saturated rings. The van der Waals surface area contributed by atoms with Crippen LogP contribution in [0.1, 0.15) is 65.2 Å². The highest BCUT2D eigenvalue weighted by molar-refractivity contribution is 7.14. The predicted molar refractivity (Wildman–Crippen MR) is 147 cm³/mol. The average molecular weight is 506 g/mol. The van der Waals surface area contributed by atoms with Gasteiger partial charge in [-0.1, -0.05) is 44.7 Å². The lowest BCUT2D eigenvalue weighted by molar-refractivity contribution is 0.208. The van der Waals surface area contributed by atoms with E-state index < -0.39 is 0 Å². The highest BCUT2D eigenvalue weighted by Gasteiger charge is 2.21. The number of pyridine rings is 1. The maximum Gasteiger partial charge on any atom is 0.183 e. The van der Waals surface area contributed by atoms with Gasteiger partial charge in [0, 0.05) is 43.1 Å². The molecule has 0 saturated heterocycles. The van der Waals surface area contributed by atoms with Crippen LogP contribution in [0.4, 0.5) is 10.9 Å². The fourth-order valence-electron chi connectivity index (χ4n) is 4.29. The van der Waals surface area contributed by atoms with E-state index in [4.69, 9.17) is 21.3 Å². The molecule has 8 heteroatoms. The van der Waals surface area contributed by atoms with E-state index in [0.29, 0.717) is 29.5 Å². The van der Waals surface area contributed by atoms with Gasteiger partial charge in [-0.05, 0) is 50.0 Å². The Morgan fingerprint density at radius 1 is 1.29 bits per heavy atom. The van der Waals surface area contributed by atoms with Crippen LogP contribution in [0.25, 0.3) is 11.3 Å². The van der Waals surface area contributed by atoms with Crippen molar-refractivity contribution in [3.63, 3.8) is 0 Å². The number of ether oxygens (including phenoxy) is 1. The van der Waals surface area contributed by atoms with Crippen LogP contribution in [0.15, 0.2) is 22.6 Å². The lowest BCUT2D eigenvalue weighted by Gasteiger charge is -2.27. The van der Waals surface area contributed by atoms with E-state index in [1.165, 1.54) is 25.7 Å². The zero-order valence-electron chi connectivity index (χ0n) is 20.9. The molecule has 34 heavy (non-hydrogen) atoms. The van der Waals surface area contributed by atoms with Crippen molar-refractivity contribution in [2.45, 2.75) is 71.3 Å². The van der Waals surface area contributed by atoms with Gasteiger partial charge in [0.1, 0.15) is 5.82 Å². The van der Waals surface area contributed by atoms with Gasteiger partial charge in [-0.3, -0.25) is 4.99 Å². The van der Waals surface area contributed by atoms with Gasteiger partial charge in [0.25, 0.3) is 0 Å². The summed E-state index contributed by atoms with van der Waals surface area (Å²) in [5.41, 5.74) is 1.83. The van der Waals surface area contributed by atoms with E-state index in [9.17, 15) is 0 Å². The van der Waals surface area contributed by atoms with Gasteiger partial charge in [0.2, 0.25) is 0 Å². The van der Waals surface area contributed by atoms with Gasteiger partial charge < -0.3 is 15.4 Å². The molecule has 1 saturated carbocycles. The third-order valence-corrected chi connectivity index (χ3v) is 7.50. The van der Waals surface area contributed by atoms with Crippen molar-refractivity contribution in [3.05, 3.63) is 22.7 Å². The molecule has 0 spiro atoms. The molecule has 0 aliphatic heterocycles. The first-order valence-electron chi connectivity index (χ1n) is 12.7. The fraction of sp³-hybridized carbons (Fsp3) is 0.654. The quantitative estimate of drug-likeness (QED) is 0.210. The van der Waals surface area contributed by atoms with Gasteiger partial charge in [0.05, 0.1) is 23.9 Å². The van der Waals surface area contributed by atoms with E-state index >= 15 is 0 Å². The Balaban J connectivity index is 1.51. The summed E-state index contributed by atoms with van der Waals surface area (Å²) in [7, 11) is 1.71. The van der Waals surface area contributed by atoms with Crippen molar-refractivity contribution in [1.82, 2.24) is 9.97 Å². The van der Waals surface area contributed by atoms with E-state index in [1.807, 2.05) is 6.07 Å². The number of nitrogens with one attached hydrogen (secondary N) is 2. The summed E-state index contributed by atoms with van der Waals surface area (Å²) >= 11 is 8.13. The maximum absolute atomic E-state index is 6.50. The molecule has 1 aliphatic carbocycles. The standard InChI is InChI=1S/C26H40ClN5OS/c1-4-5-6-7-19(2)15-30-26-32-24(18-34-26)22-14-25(29-17-23(22)27)31-21-10-8-20(9-11-21)16-28-12-13-33-3/h14,16-21H,4-13,15H2,1-3H3,(H,29,31)(H,30,32)/b28-16+. The molecule has 3 rings (SSSR count). The number of methoxy groups -OCH3 is 1. The highest BCUT2D eigenvalue weighted by atomic mass is 35.5. The second kappa shape index (κ2) is 14.6. The Morgan fingerprint density at radius 3 is 2.88 bits per heavy atom. The van der Waals surface area contributed by atoms with Crippen LogP contribution in [0.2, 0.25) is 5.02 Å². The molecule has 0 aromatic carbocycles. The molecule has 2 N–H and O–H groups in total. The van der Waals surface area contributed by atoms with Gasteiger partial charge in [-0.2, -0.15) is 0 Å². The van der Waals surface area contributed by atoms with Crippen LogP contribution in [0.5, 0.6) is 0 Å². The first kappa shape index (κ1) is 26.9. The summed E-state index contributed by atoms with van der Waals surface area (Å²) < 4.78 is 5.06. The number of aliphatic imine (C=N–C) groups is 1. The molecular formula is C26H40ClN5OS. The van der Waals surface area contributed by atoms with Gasteiger partial charge in [-0.15, -0.1) is 11.3 Å². The molecule has 0 radical (unpaired) electrons. The summed E-state index contributed by atoms with van der Waals surface area (Å²) in [5, 5.41) is 10.8. The molecule has 0 amide bonds. The minimum atomic E-state index is 0.423. The van der Waals surface area contributed by atoms with Crippen molar-refractivity contribution in [1.29, 1.82) is 0 Å². The molecule has 188 valence electrons. The lowest BCUT2D eigenvalue weighted by atomic mass is 9.87. The number of halogens is 1. The number of rotatable bonds is 14. The second-order valence-electron chi connectivity index (χ2n) is 9.37. The smallest absolute Gasteiger partial charge is 0.183 e. The molecule has 1 atom stereocenters. The van der Waals surface area contributed by atoms with Crippen molar-refractivity contribution in [2.24, 2.45) is 16.8 Å². The summed E-state index contributed by atoms with van der Waals surface area (Å²) in [6.07, 6.45) is 13.5. The normalized spacial score (nSPS) is 19.4. The SMILES string of the molecule is CCCCCC(C)CNc1nc(-c2cc(NC3CCC(/C=N/CCOC)CC3)ncc2Cl)cs1. The molecule has 0 bridgehead atoms. The summed E-state index contributed by atoms with van der Waals surface area (Å²) in [6, 6.07) is 2.46. The maximum atomic E-state index is 6.50. The Kier molecular flexibility index (Phi) is 11.6. The fourth-order valence-corrected chi connectivity index (χ4v) is 5.21. The first-order chi connectivity index (χ1) is 16.6. The van der Waals surface area contributed by atoms with E-state index in [0.717, 1.165) is 61.0 Å². The molecule has 1 unspecified atom stereocenters. The molecule has 2 heterocycles. The van der Waals surface area contributed by atoms with Crippen LogP contribution >= 0.6 is 22.9 Å². The lowest BCUT2D eigenvalue weighted by Crippen LogP contribution is -2.27. The van der Waals surface area contributed by atoms with Crippen LogP contribution < -0.4 is 10.6 Å². The van der Waals surface area contributed by atoms with Crippen molar-refractivity contribution >= 4 is 40.1 Å². The monoisotopic (exact) mass is 505 g/mol. The van der Waals surface area contributed by atoms with Gasteiger partial charge in [-0.25, -0.2) is 9.97 Å². The topological polar surface area (TPSA) is 71.4 Å². The van der Waals surface area contributed by atoms with Crippen LogP contribution in [0, 0.1) is 11.8 Å². The van der Waals surface area contributed by atoms with Crippen LogP contribution in [-0.2, 0) is 4.74 Å². The molecule has 2 aromatic rings. The zero-order valence-corrected chi connectivity index (χ0v) is 22.4. The number of anilines is 2. The summed E-state index contributed by atoms with van der Waals surface area (Å²) in [5.74, 6) is 2.08. The van der Waals surface area contributed by atoms with Gasteiger partial charge in [0.15, 0.2) is 5.13 Å². The second-order valence-corrected chi connectivity index (χ2v) is 10.6. The third kappa shape index (κ3) is 8.82. The minimum Gasteiger partial charge on any atom is -0.383 e. The number of nitrogens with zero attached hydrogens (tertiary/aromatic N) is 3. The third-order valence-electron chi connectivity index (χ3n) is 6.40. The van der Waals surface area contributed by atoms with E-state index in [2.05, 4.69) is 46.1 Å². The predicted octanol–water partition coefficient (Wildman–Crippen LogP) is 7.17. The number of aromatic nitrogens is 2. The number of hydrogen-bond acceptors (Lipinski definition) is 7. The Morgan fingerprint density at radius 2 is 2.12 bits per heavy atom. The van der Waals surface area contributed by atoms with E-state index in [-0.39, 0.29) is 0 Å². The number of hydrogen-bond donors (Lipinski definition) is 2. The van der Waals surface area contributed by atoms with E-state index in [1.54, 1.807) is 24.6 Å². The first-order valence-corrected chi connectivity index (χ1v) is 14.0. The van der Waals surface area contributed by atoms with Crippen LogP contribution in [0.3, 0.4) is 0 Å². The summed E-state index contributed by atoms with van der Waals surface area (Å²) in [6.45, 7) is 6.94.